The Bertz CT molecular complexity index is 316. The van der Waals surface area contributed by atoms with Crippen LogP contribution in [-0.4, -0.2) is 16.0 Å². The zero-order valence-electron chi connectivity index (χ0n) is 7.49. The number of aromatic nitrogens is 2. The van der Waals surface area contributed by atoms with Crippen LogP contribution in [-0.2, 0) is 0 Å². The predicted octanol–water partition coefficient (Wildman–Crippen LogP) is 0.883. The van der Waals surface area contributed by atoms with Crippen molar-refractivity contribution < 1.29 is 0 Å². The highest BCUT2D eigenvalue weighted by Crippen LogP contribution is 2.04. The van der Waals surface area contributed by atoms with Gasteiger partial charge in [-0.15, -0.1) is 6.42 Å². The number of nitrogens with two attached hydrogens (primary N) is 1. The van der Waals surface area contributed by atoms with Gasteiger partial charge in [0.05, 0.1) is 6.04 Å². The summed E-state index contributed by atoms with van der Waals surface area (Å²) in [4.78, 5) is 7.95. The molecule has 1 heterocycles. The fourth-order valence-corrected chi connectivity index (χ4v) is 0.860. The van der Waals surface area contributed by atoms with Crippen LogP contribution in [0.2, 0.25) is 0 Å². The molecule has 13 heavy (non-hydrogen) atoms. The number of nitrogens with zero attached hydrogens (tertiary/aromatic N) is 2. The topological polar surface area (TPSA) is 63.8 Å². The Balaban J connectivity index is 2.69. The first-order chi connectivity index (χ1) is 6.26. The number of nitrogen functional groups attached to an aromatic ring is 1. The van der Waals surface area contributed by atoms with Crippen molar-refractivity contribution in [3.05, 3.63) is 12.3 Å². The number of anilines is 2. The molecule has 0 aliphatic rings. The van der Waals surface area contributed by atoms with Gasteiger partial charge < -0.3 is 11.1 Å². The minimum atomic E-state index is -0.0400. The van der Waals surface area contributed by atoms with Gasteiger partial charge in [-0.05, 0) is 12.5 Å². The molecule has 0 aromatic carbocycles. The minimum absolute atomic E-state index is 0.0400. The Morgan fingerprint density at radius 3 is 3.08 bits per heavy atom. The van der Waals surface area contributed by atoms with Crippen molar-refractivity contribution in [3.63, 3.8) is 0 Å². The fraction of sp³-hybridized carbons (Fsp3) is 0.333. The third-order valence-corrected chi connectivity index (χ3v) is 1.59. The van der Waals surface area contributed by atoms with Crippen LogP contribution in [0.15, 0.2) is 12.3 Å². The number of rotatable bonds is 3. The molecule has 1 atom stereocenters. The zero-order chi connectivity index (χ0) is 9.68. The van der Waals surface area contributed by atoms with Crippen molar-refractivity contribution in [3.8, 4) is 12.3 Å². The van der Waals surface area contributed by atoms with Crippen molar-refractivity contribution >= 4 is 11.8 Å². The third-order valence-electron chi connectivity index (χ3n) is 1.59. The average Bonchev–Trinajstić information content (AvgIpc) is 2.14. The first-order valence-electron chi connectivity index (χ1n) is 4.07. The van der Waals surface area contributed by atoms with Crippen molar-refractivity contribution in [2.75, 3.05) is 11.1 Å². The van der Waals surface area contributed by atoms with Crippen LogP contribution in [0.25, 0.3) is 0 Å². The smallest absolute Gasteiger partial charge is 0.225 e. The van der Waals surface area contributed by atoms with E-state index in [1.54, 1.807) is 12.3 Å². The van der Waals surface area contributed by atoms with Gasteiger partial charge in [0.15, 0.2) is 0 Å². The summed E-state index contributed by atoms with van der Waals surface area (Å²) in [6.45, 7) is 1.99. The molecule has 0 aliphatic heterocycles. The summed E-state index contributed by atoms with van der Waals surface area (Å²) in [5.74, 6) is 3.50. The minimum Gasteiger partial charge on any atom is -0.384 e. The Morgan fingerprint density at radius 1 is 1.77 bits per heavy atom. The standard InChI is InChI=1S/C9H12N4/c1-3-7(4-2)12-9-11-6-5-8(10)13-9/h1,5-7H,4H2,2H3,(H3,10,11,12,13). The van der Waals surface area contributed by atoms with Gasteiger partial charge in [0.25, 0.3) is 0 Å². The molecule has 1 aromatic rings. The second-order valence-corrected chi connectivity index (χ2v) is 2.58. The molecule has 0 bridgehead atoms. The van der Waals surface area contributed by atoms with E-state index in [4.69, 9.17) is 12.2 Å². The Hall–Kier alpha value is -1.76. The van der Waals surface area contributed by atoms with Gasteiger partial charge in [-0.2, -0.15) is 4.98 Å². The first kappa shape index (κ1) is 9.33. The van der Waals surface area contributed by atoms with E-state index in [-0.39, 0.29) is 6.04 Å². The Morgan fingerprint density at radius 2 is 2.54 bits per heavy atom. The normalized spacial score (nSPS) is 11.7. The van der Waals surface area contributed by atoms with Crippen LogP contribution in [0.4, 0.5) is 11.8 Å². The summed E-state index contributed by atoms with van der Waals surface area (Å²) in [5, 5.41) is 2.98. The molecular formula is C9H12N4. The van der Waals surface area contributed by atoms with Gasteiger partial charge >= 0.3 is 0 Å². The summed E-state index contributed by atoms with van der Waals surface area (Å²) in [6.07, 6.45) is 7.69. The van der Waals surface area contributed by atoms with Gasteiger partial charge in [0, 0.05) is 6.20 Å². The Kier molecular flexibility index (Phi) is 3.09. The molecule has 0 radical (unpaired) electrons. The van der Waals surface area contributed by atoms with E-state index < -0.39 is 0 Å². The highest BCUT2D eigenvalue weighted by atomic mass is 15.1. The largest absolute Gasteiger partial charge is 0.384 e. The molecule has 1 aromatic heterocycles. The van der Waals surface area contributed by atoms with Gasteiger partial charge in [0.2, 0.25) is 5.95 Å². The van der Waals surface area contributed by atoms with E-state index >= 15 is 0 Å². The van der Waals surface area contributed by atoms with Gasteiger partial charge in [-0.1, -0.05) is 12.8 Å². The molecule has 4 nitrogen and oxygen atoms in total. The van der Waals surface area contributed by atoms with Crippen LogP contribution in [0.1, 0.15) is 13.3 Å². The molecule has 0 amide bonds. The molecule has 0 saturated carbocycles. The van der Waals surface area contributed by atoms with Gasteiger partial charge in [-0.3, -0.25) is 0 Å². The number of terminal acetylenes is 1. The Labute approximate surface area is 77.6 Å². The molecule has 0 spiro atoms. The van der Waals surface area contributed by atoms with Crippen molar-refractivity contribution in [1.29, 1.82) is 0 Å². The molecule has 0 fully saturated rings. The summed E-state index contributed by atoms with van der Waals surface area (Å²) in [6, 6.07) is 1.59. The van der Waals surface area contributed by atoms with Crippen LogP contribution in [0.3, 0.4) is 0 Å². The molecule has 0 aliphatic carbocycles. The number of hydrogen-bond donors (Lipinski definition) is 2. The van der Waals surface area contributed by atoms with E-state index in [1.165, 1.54) is 0 Å². The molecule has 1 unspecified atom stereocenters. The second kappa shape index (κ2) is 4.31. The molecule has 1 rings (SSSR count). The van der Waals surface area contributed by atoms with Crippen molar-refractivity contribution in [2.45, 2.75) is 19.4 Å². The lowest BCUT2D eigenvalue weighted by atomic mass is 10.2. The molecule has 68 valence electrons. The van der Waals surface area contributed by atoms with Gasteiger partial charge in [-0.25, -0.2) is 4.98 Å². The summed E-state index contributed by atoms with van der Waals surface area (Å²) in [5.41, 5.74) is 5.47. The predicted molar refractivity (Wildman–Crippen MR) is 53.0 cm³/mol. The quantitative estimate of drug-likeness (QED) is 0.671. The number of hydrogen-bond acceptors (Lipinski definition) is 4. The van der Waals surface area contributed by atoms with E-state index in [9.17, 15) is 0 Å². The van der Waals surface area contributed by atoms with Crippen molar-refractivity contribution in [1.82, 2.24) is 9.97 Å². The van der Waals surface area contributed by atoms with Gasteiger partial charge in [0.1, 0.15) is 5.82 Å². The van der Waals surface area contributed by atoms with Crippen LogP contribution >= 0.6 is 0 Å². The maximum absolute atomic E-state index is 5.47. The molecular weight excluding hydrogens is 164 g/mol. The maximum atomic E-state index is 5.47. The lowest BCUT2D eigenvalue weighted by molar-refractivity contribution is 0.841. The van der Waals surface area contributed by atoms with Crippen LogP contribution < -0.4 is 11.1 Å². The van der Waals surface area contributed by atoms with Crippen LogP contribution in [0, 0.1) is 12.3 Å². The summed E-state index contributed by atoms with van der Waals surface area (Å²) in [7, 11) is 0. The lowest BCUT2D eigenvalue weighted by Crippen LogP contribution is -2.17. The van der Waals surface area contributed by atoms with E-state index in [2.05, 4.69) is 21.2 Å². The highest BCUT2D eigenvalue weighted by Gasteiger charge is 2.02. The lowest BCUT2D eigenvalue weighted by Gasteiger charge is -2.09. The summed E-state index contributed by atoms with van der Waals surface area (Å²) >= 11 is 0. The monoisotopic (exact) mass is 176 g/mol. The first-order valence-corrected chi connectivity index (χ1v) is 4.07. The molecule has 0 saturated heterocycles. The van der Waals surface area contributed by atoms with E-state index in [0.29, 0.717) is 11.8 Å². The molecule has 4 heteroatoms. The third kappa shape index (κ3) is 2.64. The number of nitrogens with one attached hydrogen (secondary N) is 1. The summed E-state index contributed by atoms with van der Waals surface area (Å²) < 4.78 is 0. The maximum Gasteiger partial charge on any atom is 0.225 e. The highest BCUT2D eigenvalue weighted by molar-refractivity contribution is 5.37. The second-order valence-electron chi connectivity index (χ2n) is 2.58. The van der Waals surface area contributed by atoms with E-state index in [0.717, 1.165) is 6.42 Å². The average molecular weight is 176 g/mol. The fourth-order valence-electron chi connectivity index (χ4n) is 0.860. The van der Waals surface area contributed by atoms with Crippen LogP contribution in [0.5, 0.6) is 0 Å². The zero-order valence-corrected chi connectivity index (χ0v) is 7.49. The van der Waals surface area contributed by atoms with E-state index in [1.807, 2.05) is 6.92 Å². The SMILES string of the molecule is C#CC(CC)Nc1nccc(N)n1. The van der Waals surface area contributed by atoms with Crippen molar-refractivity contribution in [2.24, 2.45) is 0 Å². The molecule has 3 N–H and O–H groups in total.